The predicted octanol–water partition coefficient (Wildman–Crippen LogP) is 1.38. The molecule has 7 nitrogen and oxygen atoms in total. The van der Waals surface area contributed by atoms with Crippen LogP contribution in [0.1, 0.15) is 39.0 Å². The number of likely N-dealkylation sites (N-methyl/N-ethyl adjacent to an activating group) is 1. The Labute approximate surface area is 144 Å². The van der Waals surface area contributed by atoms with Gasteiger partial charge in [0, 0.05) is 25.7 Å². The van der Waals surface area contributed by atoms with Crippen LogP contribution in [0, 0.1) is 5.92 Å². The second-order valence-electron chi connectivity index (χ2n) is 7.04. The van der Waals surface area contributed by atoms with Crippen LogP contribution in [0.5, 0.6) is 0 Å². The number of hydrogen-bond donors (Lipinski definition) is 2. The van der Waals surface area contributed by atoms with Crippen molar-refractivity contribution in [1.29, 1.82) is 0 Å². The molecule has 2 fully saturated rings. The number of morpholine rings is 1. The molecule has 2 aliphatic rings. The maximum absolute atomic E-state index is 12.6. The lowest BCUT2D eigenvalue weighted by Crippen LogP contribution is -2.54. The van der Waals surface area contributed by atoms with E-state index in [2.05, 4.69) is 12.2 Å². The summed E-state index contributed by atoms with van der Waals surface area (Å²) in [5.41, 5.74) is 0. The van der Waals surface area contributed by atoms with Crippen molar-refractivity contribution in [3.8, 4) is 0 Å². The Balaban J connectivity index is 1.81. The molecule has 138 valence electrons. The smallest absolute Gasteiger partial charge is 0.317 e. The molecule has 0 bridgehead atoms. The number of hydrogen-bond acceptors (Lipinski definition) is 4. The fourth-order valence-electron chi connectivity index (χ4n) is 3.82. The van der Waals surface area contributed by atoms with E-state index < -0.39 is 5.97 Å². The molecule has 0 spiro atoms. The molecule has 0 aromatic rings. The minimum Gasteiger partial charge on any atom is -0.480 e. The molecule has 24 heavy (non-hydrogen) atoms. The summed E-state index contributed by atoms with van der Waals surface area (Å²) in [6, 6.07) is 0.249. The van der Waals surface area contributed by atoms with Crippen LogP contribution in [0.2, 0.25) is 0 Å². The van der Waals surface area contributed by atoms with Gasteiger partial charge in [0.25, 0.3) is 0 Å². The Morgan fingerprint density at radius 3 is 2.71 bits per heavy atom. The first-order valence-corrected chi connectivity index (χ1v) is 9.07. The Morgan fingerprint density at radius 2 is 2.08 bits per heavy atom. The van der Waals surface area contributed by atoms with Crippen LogP contribution in [-0.4, -0.2) is 78.9 Å². The molecule has 1 aliphatic heterocycles. The predicted molar refractivity (Wildman–Crippen MR) is 91.0 cm³/mol. The van der Waals surface area contributed by atoms with Crippen LogP contribution < -0.4 is 5.32 Å². The molecule has 0 radical (unpaired) electrons. The fourth-order valence-corrected chi connectivity index (χ4v) is 3.82. The van der Waals surface area contributed by atoms with Gasteiger partial charge in [0.15, 0.2) is 0 Å². The highest BCUT2D eigenvalue weighted by Gasteiger charge is 2.29. The van der Waals surface area contributed by atoms with Gasteiger partial charge in [-0.25, -0.2) is 4.79 Å². The summed E-state index contributed by atoms with van der Waals surface area (Å²) < 4.78 is 5.69. The summed E-state index contributed by atoms with van der Waals surface area (Å²) >= 11 is 0. The van der Waals surface area contributed by atoms with Crippen LogP contribution >= 0.6 is 0 Å². The van der Waals surface area contributed by atoms with Crippen molar-refractivity contribution >= 4 is 12.0 Å². The minimum absolute atomic E-state index is 0.0112. The fraction of sp³-hybridized carbons (Fsp3) is 0.882. The second kappa shape index (κ2) is 9.22. The molecule has 0 aromatic carbocycles. The van der Waals surface area contributed by atoms with Gasteiger partial charge < -0.3 is 20.1 Å². The Hall–Kier alpha value is -1.34. The summed E-state index contributed by atoms with van der Waals surface area (Å²) in [6.45, 7) is 4.22. The molecule has 1 saturated carbocycles. The van der Waals surface area contributed by atoms with E-state index in [1.54, 1.807) is 16.8 Å². The van der Waals surface area contributed by atoms with Crippen molar-refractivity contribution in [2.45, 2.75) is 51.2 Å². The third-order valence-electron chi connectivity index (χ3n) is 5.06. The number of aliphatic carboxylic acids is 1. The number of carbonyl (C=O) groups is 2. The normalized spacial score (nSPS) is 23.5. The summed E-state index contributed by atoms with van der Waals surface area (Å²) in [7, 11) is 1.75. The lowest BCUT2D eigenvalue weighted by molar-refractivity contribution is -0.138. The standard InChI is InChI=1S/C17H31N3O4/c1-3-15(13-6-4-5-7-13)18-17(23)20-8-9-24-14(11-20)10-19(2)12-16(21)22/h13-15H,3-12H2,1-2H3,(H,18,23)(H,21,22). The molecule has 2 N–H and O–H groups in total. The van der Waals surface area contributed by atoms with Gasteiger partial charge in [0.05, 0.1) is 19.3 Å². The topological polar surface area (TPSA) is 82.1 Å². The molecule has 0 aromatic heterocycles. The zero-order valence-corrected chi connectivity index (χ0v) is 14.9. The maximum atomic E-state index is 12.6. The number of ether oxygens (including phenoxy) is 1. The number of urea groups is 1. The zero-order valence-electron chi connectivity index (χ0n) is 14.9. The quantitative estimate of drug-likeness (QED) is 0.731. The van der Waals surface area contributed by atoms with E-state index in [1.807, 2.05) is 0 Å². The number of nitrogens with zero attached hydrogens (tertiary/aromatic N) is 2. The van der Waals surface area contributed by atoms with Gasteiger partial charge in [-0.15, -0.1) is 0 Å². The molecular formula is C17H31N3O4. The minimum atomic E-state index is -0.856. The van der Waals surface area contributed by atoms with E-state index in [0.29, 0.717) is 32.2 Å². The summed E-state index contributed by atoms with van der Waals surface area (Å²) in [5, 5.41) is 12.0. The highest BCUT2D eigenvalue weighted by atomic mass is 16.5. The molecular weight excluding hydrogens is 310 g/mol. The first-order valence-electron chi connectivity index (χ1n) is 9.07. The van der Waals surface area contributed by atoms with Gasteiger partial charge >= 0.3 is 12.0 Å². The molecule has 1 aliphatic carbocycles. The zero-order chi connectivity index (χ0) is 17.5. The third-order valence-corrected chi connectivity index (χ3v) is 5.06. The molecule has 1 heterocycles. The van der Waals surface area contributed by atoms with Crippen LogP contribution in [0.4, 0.5) is 4.79 Å². The van der Waals surface area contributed by atoms with Crippen molar-refractivity contribution in [3.63, 3.8) is 0 Å². The summed E-state index contributed by atoms with van der Waals surface area (Å²) in [4.78, 5) is 26.8. The second-order valence-corrected chi connectivity index (χ2v) is 7.04. The Morgan fingerprint density at radius 1 is 1.38 bits per heavy atom. The van der Waals surface area contributed by atoms with Crippen molar-refractivity contribution in [2.75, 3.05) is 39.8 Å². The molecule has 2 rings (SSSR count). The van der Waals surface area contributed by atoms with E-state index >= 15 is 0 Å². The number of nitrogens with one attached hydrogen (secondary N) is 1. The third kappa shape index (κ3) is 5.63. The highest BCUT2D eigenvalue weighted by molar-refractivity contribution is 5.74. The van der Waals surface area contributed by atoms with Crippen LogP contribution in [0.25, 0.3) is 0 Å². The van der Waals surface area contributed by atoms with Crippen molar-refractivity contribution in [2.24, 2.45) is 5.92 Å². The SMILES string of the molecule is CCC(NC(=O)N1CCOC(CN(C)CC(=O)O)C1)C1CCCC1. The molecule has 2 unspecified atom stereocenters. The lowest BCUT2D eigenvalue weighted by Gasteiger charge is -2.36. The molecule has 1 saturated heterocycles. The van der Waals surface area contributed by atoms with E-state index in [1.165, 1.54) is 25.7 Å². The van der Waals surface area contributed by atoms with Gasteiger partial charge in [0.2, 0.25) is 0 Å². The van der Waals surface area contributed by atoms with Gasteiger partial charge in [-0.05, 0) is 32.2 Å². The van der Waals surface area contributed by atoms with Gasteiger partial charge in [-0.2, -0.15) is 0 Å². The van der Waals surface area contributed by atoms with Crippen LogP contribution in [0.3, 0.4) is 0 Å². The van der Waals surface area contributed by atoms with Gasteiger partial charge in [-0.3, -0.25) is 9.69 Å². The highest BCUT2D eigenvalue weighted by Crippen LogP contribution is 2.29. The molecule has 2 amide bonds. The first kappa shape index (κ1) is 19.0. The van der Waals surface area contributed by atoms with E-state index in [4.69, 9.17) is 9.84 Å². The van der Waals surface area contributed by atoms with Crippen molar-refractivity contribution < 1.29 is 19.4 Å². The molecule has 7 heteroatoms. The Kier molecular flexibility index (Phi) is 7.30. The van der Waals surface area contributed by atoms with E-state index in [0.717, 1.165) is 6.42 Å². The molecule has 2 atom stereocenters. The maximum Gasteiger partial charge on any atom is 0.317 e. The van der Waals surface area contributed by atoms with Crippen molar-refractivity contribution in [1.82, 2.24) is 15.1 Å². The number of carboxylic acids is 1. The van der Waals surface area contributed by atoms with Gasteiger partial charge in [-0.1, -0.05) is 19.8 Å². The largest absolute Gasteiger partial charge is 0.480 e. The lowest BCUT2D eigenvalue weighted by atomic mass is 9.96. The number of rotatable bonds is 7. The van der Waals surface area contributed by atoms with Crippen LogP contribution in [0.15, 0.2) is 0 Å². The summed E-state index contributed by atoms with van der Waals surface area (Å²) in [5.74, 6) is -0.247. The summed E-state index contributed by atoms with van der Waals surface area (Å²) in [6.07, 6.45) is 5.79. The monoisotopic (exact) mass is 341 g/mol. The van der Waals surface area contributed by atoms with Crippen LogP contribution in [-0.2, 0) is 9.53 Å². The van der Waals surface area contributed by atoms with Crippen molar-refractivity contribution in [3.05, 3.63) is 0 Å². The first-order chi connectivity index (χ1) is 11.5. The number of carboxylic acid groups (broad SMARTS) is 1. The number of carbonyl (C=O) groups excluding carboxylic acids is 1. The average Bonchev–Trinajstić information content (AvgIpc) is 3.06. The van der Waals surface area contributed by atoms with E-state index in [9.17, 15) is 9.59 Å². The number of amides is 2. The average molecular weight is 341 g/mol. The van der Waals surface area contributed by atoms with Gasteiger partial charge in [0.1, 0.15) is 0 Å². The Bertz CT molecular complexity index is 426. The van der Waals surface area contributed by atoms with E-state index in [-0.39, 0.29) is 24.7 Å².